The van der Waals surface area contributed by atoms with Gasteiger partial charge in [0, 0.05) is 26.2 Å². The Morgan fingerprint density at radius 3 is 2.23 bits per heavy atom. The normalized spacial score (nSPS) is 17.3. The highest BCUT2D eigenvalue weighted by Gasteiger charge is 2.33. The standard InChI is InChI=1S/C13H15ClF4N2.2ClH/c14-11-7-9(1-2-10(11)13(16,17)18)12(8-15)20-5-3-19-4-6-20;;/h1-2,7,12,19H,3-6,8H2;2*1H/t12-;;/m1../s1. The summed E-state index contributed by atoms with van der Waals surface area (Å²) in [4.78, 5) is 1.91. The minimum Gasteiger partial charge on any atom is -0.314 e. The van der Waals surface area contributed by atoms with Gasteiger partial charge in [-0.25, -0.2) is 4.39 Å². The fourth-order valence-electron chi connectivity index (χ4n) is 2.36. The lowest BCUT2D eigenvalue weighted by molar-refractivity contribution is -0.137. The SMILES string of the molecule is Cl.Cl.FC[C@H](c1ccc(C(F)(F)F)c(Cl)c1)N1CCNCC1. The van der Waals surface area contributed by atoms with Gasteiger partial charge < -0.3 is 5.32 Å². The summed E-state index contributed by atoms with van der Waals surface area (Å²) < 4.78 is 51.2. The van der Waals surface area contributed by atoms with E-state index in [9.17, 15) is 17.6 Å². The van der Waals surface area contributed by atoms with Crippen LogP contribution in [-0.2, 0) is 6.18 Å². The van der Waals surface area contributed by atoms with E-state index in [1.54, 1.807) is 0 Å². The molecule has 9 heteroatoms. The molecule has 1 atom stereocenters. The second-order valence-corrected chi connectivity index (χ2v) is 5.10. The fourth-order valence-corrected chi connectivity index (χ4v) is 2.66. The third-order valence-corrected chi connectivity index (χ3v) is 3.73. The fraction of sp³-hybridized carbons (Fsp3) is 0.538. The van der Waals surface area contributed by atoms with Crippen LogP contribution in [0.5, 0.6) is 0 Å². The van der Waals surface area contributed by atoms with Crippen molar-refractivity contribution in [2.24, 2.45) is 0 Å². The van der Waals surface area contributed by atoms with Crippen molar-refractivity contribution in [3.05, 3.63) is 34.3 Å². The van der Waals surface area contributed by atoms with E-state index in [-0.39, 0.29) is 29.8 Å². The van der Waals surface area contributed by atoms with E-state index < -0.39 is 24.5 Å². The molecule has 0 unspecified atom stereocenters. The first kappa shape index (κ1) is 21.7. The highest BCUT2D eigenvalue weighted by molar-refractivity contribution is 6.31. The van der Waals surface area contributed by atoms with Gasteiger partial charge in [-0.2, -0.15) is 13.2 Å². The molecule has 0 amide bonds. The van der Waals surface area contributed by atoms with Crippen molar-refractivity contribution >= 4 is 36.4 Å². The molecule has 2 nitrogen and oxygen atoms in total. The summed E-state index contributed by atoms with van der Waals surface area (Å²) in [5, 5.41) is 2.76. The summed E-state index contributed by atoms with van der Waals surface area (Å²) in [6.45, 7) is 2.15. The molecule has 0 aliphatic carbocycles. The van der Waals surface area contributed by atoms with E-state index in [0.717, 1.165) is 19.2 Å². The molecule has 1 N–H and O–H groups in total. The van der Waals surface area contributed by atoms with Crippen LogP contribution in [0.3, 0.4) is 0 Å². The van der Waals surface area contributed by atoms with Crippen LogP contribution in [0.25, 0.3) is 0 Å². The van der Waals surface area contributed by atoms with Crippen LogP contribution < -0.4 is 5.32 Å². The maximum atomic E-state index is 13.3. The van der Waals surface area contributed by atoms with Gasteiger partial charge in [-0.3, -0.25) is 4.90 Å². The van der Waals surface area contributed by atoms with Gasteiger partial charge in [0.1, 0.15) is 6.67 Å². The smallest absolute Gasteiger partial charge is 0.314 e. The lowest BCUT2D eigenvalue weighted by Gasteiger charge is -2.33. The third kappa shape index (κ3) is 5.13. The Morgan fingerprint density at radius 2 is 1.77 bits per heavy atom. The van der Waals surface area contributed by atoms with E-state index in [0.29, 0.717) is 18.7 Å². The van der Waals surface area contributed by atoms with Crippen LogP contribution in [0.2, 0.25) is 5.02 Å². The van der Waals surface area contributed by atoms with Gasteiger partial charge in [-0.05, 0) is 17.7 Å². The van der Waals surface area contributed by atoms with Crippen molar-refractivity contribution in [2.45, 2.75) is 12.2 Å². The number of nitrogens with zero attached hydrogens (tertiary/aromatic N) is 1. The Kier molecular flexibility index (Phi) is 9.02. The quantitative estimate of drug-likeness (QED) is 0.790. The van der Waals surface area contributed by atoms with Crippen LogP contribution >= 0.6 is 36.4 Å². The molecule has 1 aliphatic heterocycles. The highest BCUT2D eigenvalue weighted by Crippen LogP contribution is 2.36. The summed E-state index contributed by atoms with van der Waals surface area (Å²) in [6, 6.07) is 2.90. The molecule has 0 radical (unpaired) electrons. The van der Waals surface area contributed by atoms with E-state index in [4.69, 9.17) is 11.6 Å². The van der Waals surface area contributed by atoms with Crippen LogP contribution in [0.4, 0.5) is 17.6 Å². The first-order valence-electron chi connectivity index (χ1n) is 6.31. The van der Waals surface area contributed by atoms with Crippen molar-refractivity contribution in [3.8, 4) is 0 Å². The molecule has 1 saturated heterocycles. The minimum atomic E-state index is -4.49. The number of alkyl halides is 4. The molecule has 0 aromatic heterocycles. The molecular weight excluding hydrogens is 367 g/mol. The van der Waals surface area contributed by atoms with Gasteiger partial charge in [-0.1, -0.05) is 17.7 Å². The first-order valence-corrected chi connectivity index (χ1v) is 6.68. The molecule has 22 heavy (non-hydrogen) atoms. The van der Waals surface area contributed by atoms with E-state index in [2.05, 4.69) is 5.32 Å². The summed E-state index contributed by atoms with van der Waals surface area (Å²) in [5.41, 5.74) is -0.409. The number of halogens is 7. The topological polar surface area (TPSA) is 15.3 Å². The molecule has 1 aliphatic rings. The predicted octanol–water partition coefficient (Wildman–Crippen LogP) is 4.12. The third-order valence-electron chi connectivity index (χ3n) is 3.42. The van der Waals surface area contributed by atoms with Crippen molar-refractivity contribution in [2.75, 3.05) is 32.9 Å². The maximum absolute atomic E-state index is 13.3. The zero-order valence-electron chi connectivity index (χ0n) is 11.5. The summed E-state index contributed by atoms with van der Waals surface area (Å²) in [7, 11) is 0. The van der Waals surface area contributed by atoms with Crippen molar-refractivity contribution in [3.63, 3.8) is 0 Å². The van der Waals surface area contributed by atoms with E-state index in [1.165, 1.54) is 12.1 Å². The van der Waals surface area contributed by atoms with Crippen LogP contribution in [0.1, 0.15) is 17.2 Å². The largest absolute Gasteiger partial charge is 0.417 e. The van der Waals surface area contributed by atoms with Gasteiger partial charge >= 0.3 is 6.18 Å². The van der Waals surface area contributed by atoms with Gasteiger partial charge in [0.25, 0.3) is 0 Å². The Bertz CT molecular complexity index is 465. The van der Waals surface area contributed by atoms with Crippen molar-refractivity contribution in [1.29, 1.82) is 0 Å². The number of benzene rings is 1. The molecule has 0 spiro atoms. The number of hydrogen-bond acceptors (Lipinski definition) is 2. The molecule has 1 heterocycles. The van der Waals surface area contributed by atoms with Gasteiger partial charge in [0.15, 0.2) is 0 Å². The first-order chi connectivity index (χ1) is 9.43. The Hall–Kier alpha value is -0.270. The number of nitrogens with one attached hydrogen (secondary N) is 1. The van der Waals surface area contributed by atoms with Crippen LogP contribution in [0.15, 0.2) is 18.2 Å². The summed E-state index contributed by atoms with van der Waals surface area (Å²) in [6.07, 6.45) is -4.49. The van der Waals surface area contributed by atoms with Crippen molar-refractivity contribution < 1.29 is 17.6 Å². The molecule has 0 bridgehead atoms. The number of piperazine rings is 1. The van der Waals surface area contributed by atoms with E-state index >= 15 is 0 Å². The number of hydrogen-bond donors (Lipinski definition) is 1. The molecule has 128 valence electrons. The zero-order valence-corrected chi connectivity index (χ0v) is 13.9. The second kappa shape index (κ2) is 9.13. The van der Waals surface area contributed by atoms with Crippen molar-refractivity contribution in [1.82, 2.24) is 10.2 Å². The number of rotatable bonds is 3. The lowest BCUT2D eigenvalue weighted by Crippen LogP contribution is -2.45. The van der Waals surface area contributed by atoms with Gasteiger partial charge in [0.2, 0.25) is 0 Å². The second-order valence-electron chi connectivity index (χ2n) is 4.69. The molecule has 1 aromatic carbocycles. The Morgan fingerprint density at radius 1 is 1.18 bits per heavy atom. The van der Waals surface area contributed by atoms with Gasteiger partial charge in [0.05, 0.1) is 16.6 Å². The average molecular weight is 384 g/mol. The van der Waals surface area contributed by atoms with Crippen LogP contribution in [-0.4, -0.2) is 37.8 Å². The Balaban J connectivity index is 0.00000220. The minimum absolute atomic E-state index is 0. The average Bonchev–Trinajstić information content (AvgIpc) is 2.39. The molecular formula is C13H17Cl3F4N2. The lowest BCUT2D eigenvalue weighted by atomic mass is 10.0. The van der Waals surface area contributed by atoms with E-state index in [1.807, 2.05) is 4.90 Å². The monoisotopic (exact) mass is 382 g/mol. The Labute approximate surface area is 144 Å². The summed E-state index contributed by atoms with van der Waals surface area (Å²) >= 11 is 5.68. The summed E-state index contributed by atoms with van der Waals surface area (Å²) in [5.74, 6) is 0. The molecule has 0 saturated carbocycles. The zero-order chi connectivity index (χ0) is 14.8. The highest BCUT2D eigenvalue weighted by atomic mass is 35.5. The predicted molar refractivity (Wildman–Crippen MR) is 84.1 cm³/mol. The van der Waals surface area contributed by atoms with Crippen LogP contribution in [0, 0.1) is 0 Å². The maximum Gasteiger partial charge on any atom is 0.417 e. The molecule has 1 aromatic rings. The van der Waals surface area contributed by atoms with Gasteiger partial charge in [-0.15, -0.1) is 24.8 Å². The molecule has 2 rings (SSSR count). The molecule has 1 fully saturated rings.